The summed E-state index contributed by atoms with van der Waals surface area (Å²) in [6.45, 7) is 1.04. The standard InChI is InChI=1S/C15H12N4O4/c20-18(21)12-7-5-11(6-8-12)15-16-9-10-17(15)13-3-1-2-4-14(13)19(22)23/h1-8H,9-10H2. The Kier molecular flexibility index (Phi) is 3.71. The fourth-order valence-corrected chi connectivity index (χ4v) is 2.51. The van der Waals surface area contributed by atoms with E-state index in [9.17, 15) is 20.2 Å². The number of hydrogen-bond acceptors (Lipinski definition) is 6. The number of nitro groups is 2. The van der Waals surface area contributed by atoms with Gasteiger partial charge in [-0.15, -0.1) is 0 Å². The monoisotopic (exact) mass is 312 g/mol. The van der Waals surface area contributed by atoms with Crippen LogP contribution in [0.3, 0.4) is 0 Å². The zero-order valence-electron chi connectivity index (χ0n) is 12.0. The van der Waals surface area contributed by atoms with E-state index in [1.165, 1.54) is 18.2 Å². The number of nitro benzene ring substituents is 2. The molecule has 0 unspecified atom stereocenters. The van der Waals surface area contributed by atoms with Crippen LogP contribution in [0.5, 0.6) is 0 Å². The first-order valence-electron chi connectivity index (χ1n) is 6.88. The van der Waals surface area contributed by atoms with Gasteiger partial charge in [-0.25, -0.2) is 0 Å². The second-order valence-corrected chi connectivity index (χ2v) is 4.91. The summed E-state index contributed by atoms with van der Waals surface area (Å²) < 4.78 is 0. The molecule has 2 aromatic carbocycles. The van der Waals surface area contributed by atoms with Crippen LogP contribution in [0.4, 0.5) is 17.1 Å². The van der Waals surface area contributed by atoms with Crippen LogP contribution in [-0.4, -0.2) is 28.8 Å². The molecule has 8 nitrogen and oxygen atoms in total. The molecule has 8 heteroatoms. The molecule has 0 amide bonds. The Hall–Kier alpha value is -3.29. The molecule has 1 aliphatic heterocycles. The smallest absolute Gasteiger partial charge is 0.292 e. The zero-order valence-corrected chi connectivity index (χ0v) is 12.0. The first-order valence-corrected chi connectivity index (χ1v) is 6.88. The molecule has 0 spiro atoms. The summed E-state index contributed by atoms with van der Waals surface area (Å²) in [6, 6.07) is 12.5. The maximum absolute atomic E-state index is 11.2. The number of hydrogen-bond donors (Lipinski definition) is 0. The largest absolute Gasteiger partial charge is 0.319 e. The number of anilines is 1. The van der Waals surface area contributed by atoms with Crippen molar-refractivity contribution in [2.45, 2.75) is 0 Å². The van der Waals surface area contributed by atoms with Crippen molar-refractivity contribution < 1.29 is 9.85 Å². The molecular formula is C15H12N4O4. The van der Waals surface area contributed by atoms with Gasteiger partial charge in [-0.1, -0.05) is 12.1 Å². The number of para-hydroxylation sites is 2. The number of benzene rings is 2. The number of amidine groups is 1. The van der Waals surface area contributed by atoms with Crippen LogP contribution in [0.15, 0.2) is 53.5 Å². The first kappa shape index (κ1) is 14.6. The average Bonchev–Trinajstić information content (AvgIpc) is 3.04. The Balaban J connectivity index is 1.98. The SMILES string of the molecule is O=[N+]([O-])c1ccc(C2=NCCN2c2ccccc2[N+](=O)[O-])cc1. The quantitative estimate of drug-likeness (QED) is 0.638. The lowest BCUT2D eigenvalue weighted by Crippen LogP contribution is -2.28. The minimum atomic E-state index is -0.472. The molecule has 0 aromatic heterocycles. The van der Waals surface area contributed by atoms with Gasteiger partial charge in [0.05, 0.1) is 16.4 Å². The fraction of sp³-hybridized carbons (Fsp3) is 0.133. The lowest BCUT2D eigenvalue weighted by atomic mass is 10.1. The van der Waals surface area contributed by atoms with Gasteiger partial charge in [0.25, 0.3) is 11.4 Å². The lowest BCUT2D eigenvalue weighted by molar-refractivity contribution is -0.384. The molecule has 23 heavy (non-hydrogen) atoms. The molecule has 0 N–H and O–H groups in total. The molecular weight excluding hydrogens is 300 g/mol. The molecule has 3 rings (SSSR count). The summed E-state index contributed by atoms with van der Waals surface area (Å²) in [5.41, 5.74) is 1.15. The molecule has 0 atom stereocenters. The summed E-state index contributed by atoms with van der Waals surface area (Å²) in [4.78, 5) is 27.2. The minimum absolute atomic E-state index is 0.00371. The summed E-state index contributed by atoms with van der Waals surface area (Å²) in [7, 11) is 0. The van der Waals surface area contributed by atoms with Crippen molar-refractivity contribution >= 4 is 22.9 Å². The molecule has 0 bridgehead atoms. The summed E-state index contributed by atoms with van der Waals surface area (Å²) in [6.07, 6.45) is 0. The predicted octanol–water partition coefficient (Wildman–Crippen LogP) is 2.77. The van der Waals surface area contributed by atoms with Crippen LogP contribution < -0.4 is 4.90 Å². The Morgan fingerprint density at radius 1 is 0.957 bits per heavy atom. The predicted molar refractivity (Wildman–Crippen MR) is 84.9 cm³/mol. The van der Waals surface area contributed by atoms with Crippen LogP contribution in [0.1, 0.15) is 5.56 Å². The molecule has 0 saturated carbocycles. The van der Waals surface area contributed by atoms with Gasteiger partial charge in [0.1, 0.15) is 11.5 Å². The van der Waals surface area contributed by atoms with E-state index in [1.807, 2.05) is 0 Å². The molecule has 0 aliphatic carbocycles. The summed E-state index contributed by atoms with van der Waals surface area (Å²) >= 11 is 0. The van der Waals surface area contributed by atoms with Gasteiger partial charge in [0, 0.05) is 30.3 Å². The van der Waals surface area contributed by atoms with E-state index in [-0.39, 0.29) is 11.4 Å². The molecule has 0 fully saturated rings. The van der Waals surface area contributed by atoms with Crippen LogP contribution in [0, 0.1) is 20.2 Å². The van der Waals surface area contributed by atoms with E-state index in [1.54, 1.807) is 35.2 Å². The van der Waals surface area contributed by atoms with Crippen molar-refractivity contribution in [3.05, 3.63) is 74.3 Å². The highest BCUT2D eigenvalue weighted by molar-refractivity contribution is 6.12. The topological polar surface area (TPSA) is 102 Å². The van der Waals surface area contributed by atoms with E-state index < -0.39 is 9.85 Å². The van der Waals surface area contributed by atoms with Crippen molar-refractivity contribution in [1.29, 1.82) is 0 Å². The van der Waals surface area contributed by atoms with Crippen LogP contribution in [-0.2, 0) is 0 Å². The normalized spacial score (nSPS) is 13.7. The summed E-state index contributed by atoms with van der Waals surface area (Å²) in [5, 5.41) is 21.9. The van der Waals surface area contributed by atoms with Gasteiger partial charge in [0.15, 0.2) is 0 Å². The number of rotatable bonds is 4. The third-order valence-electron chi connectivity index (χ3n) is 3.55. The van der Waals surface area contributed by atoms with Crippen LogP contribution >= 0.6 is 0 Å². The molecule has 1 heterocycles. The van der Waals surface area contributed by atoms with E-state index in [4.69, 9.17) is 0 Å². The molecule has 116 valence electrons. The Morgan fingerprint density at radius 3 is 2.30 bits per heavy atom. The summed E-state index contributed by atoms with van der Waals surface area (Å²) in [5.74, 6) is 0.578. The molecule has 0 radical (unpaired) electrons. The van der Waals surface area contributed by atoms with E-state index in [0.29, 0.717) is 30.2 Å². The highest BCUT2D eigenvalue weighted by atomic mass is 16.6. The number of aliphatic imine (C=N–C) groups is 1. The highest BCUT2D eigenvalue weighted by Crippen LogP contribution is 2.30. The van der Waals surface area contributed by atoms with Crippen molar-refractivity contribution in [3.63, 3.8) is 0 Å². The Labute approximate surface area is 131 Å². The van der Waals surface area contributed by atoms with Crippen LogP contribution in [0.25, 0.3) is 0 Å². The third kappa shape index (κ3) is 2.73. The fourth-order valence-electron chi connectivity index (χ4n) is 2.51. The molecule has 2 aromatic rings. The zero-order chi connectivity index (χ0) is 16.4. The lowest BCUT2D eigenvalue weighted by Gasteiger charge is -2.20. The van der Waals surface area contributed by atoms with Crippen LogP contribution in [0.2, 0.25) is 0 Å². The van der Waals surface area contributed by atoms with Gasteiger partial charge in [0.2, 0.25) is 0 Å². The first-order chi connectivity index (χ1) is 11.1. The maximum Gasteiger partial charge on any atom is 0.292 e. The van der Waals surface area contributed by atoms with Crippen molar-refractivity contribution in [2.75, 3.05) is 18.0 Å². The average molecular weight is 312 g/mol. The second kappa shape index (κ2) is 5.84. The highest BCUT2D eigenvalue weighted by Gasteiger charge is 2.26. The van der Waals surface area contributed by atoms with Gasteiger partial charge < -0.3 is 4.90 Å². The van der Waals surface area contributed by atoms with Crippen molar-refractivity contribution in [1.82, 2.24) is 0 Å². The van der Waals surface area contributed by atoms with E-state index in [0.717, 1.165) is 0 Å². The van der Waals surface area contributed by atoms with Crippen molar-refractivity contribution in [3.8, 4) is 0 Å². The Bertz CT molecular complexity index is 801. The number of non-ortho nitro benzene ring substituents is 1. The number of nitrogens with zero attached hydrogens (tertiary/aromatic N) is 4. The van der Waals surface area contributed by atoms with E-state index in [2.05, 4.69) is 4.99 Å². The Morgan fingerprint density at radius 2 is 1.65 bits per heavy atom. The third-order valence-corrected chi connectivity index (χ3v) is 3.55. The van der Waals surface area contributed by atoms with Gasteiger partial charge in [-0.05, 0) is 18.2 Å². The van der Waals surface area contributed by atoms with Gasteiger partial charge in [-0.2, -0.15) is 0 Å². The van der Waals surface area contributed by atoms with E-state index >= 15 is 0 Å². The maximum atomic E-state index is 11.2. The van der Waals surface area contributed by atoms with Crippen molar-refractivity contribution in [2.24, 2.45) is 4.99 Å². The minimum Gasteiger partial charge on any atom is -0.319 e. The second-order valence-electron chi connectivity index (χ2n) is 4.91. The van der Waals surface area contributed by atoms with Gasteiger partial charge in [-0.3, -0.25) is 25.2 Å². The van der Waals surface area contributed by atoms with Gasteiger partial charge >= 0.3 is 0 Å². The molecule has 0 saturated heterocycles. The molecule has 1 aliphatic rings.